The first kappa shape index (κ1) is 17.3. The molecule has 1 saturated heterocycles. The Hall–Kier alpha value is -2.55. The van der Waals surface area contributed by atoms with Crippen molar-refractivity contribution in [1.82, 2.24) is 19.7 Å². The Morgan fingerprint density at radius 2 is 2.12 bits per heavy atom. The normalized spacial score (nSPS) is 14.5. The predicted molar refractivity (Wildman–Crippen MR) is 84.2 cm³/mol. The second-order valence-electron chi connectivity index (χ2n) is 5.36. The topological polar surface area (TPSA) is 77.3 Å². The predicted octanol–water partition coefficient (Wildman–Crippen LogP) is 1.63. The molecular weight excluding hydrogens is 358 g/mol. The average Bonchev–Trinajstić information content (AvgIpc) is 2.55. The molecule has 1 amide bonds. The summed E-state index contributed by atoms with van der Waals surface area (Å²) in [7, 11) is 0. The van der Waals surface area contributed by atoms with Crippen LogP contribution in [-0.4, -0.2) is 51.7 Å². The lowest BCUT2D eigenvalue weighted by Crippen LogP contribution is -2.53. The Kier molecular flexibility index (Phi) is 4.93. The van der Waals surface area contributed by atoms with Crippen LogP contribution in [0.15, 0.2) is 35.3 Å². The minimum Gasteiger partial charge on any atom is -0.485 e. The Morgan fingerprint density at radius 1 is 1.36 bits per heavy atom. The maximum absolute atomic E-state index is 12.5. The van der Waals surface area contributed by atoms with E-state index in [1.54, 1.807) is 0 Å². The van der Waals surface area contributed by atoms with E-state index in [9.17, 15) is 18.4 Å². The number of pyridine rings is 1. The van der Waals surface area contributed by atoms with Crippen LogP contribution in [0, 0.1) is 0 Å². The Labute approximate surface area is 145 Å². The fourth-order valence-corrected chi connectivity index (χ4v) is 2.55. The molecule has 1 aliphatic rings. The van der Waals surface area contributed by atoms with Gasteiger partial charge >= 0.3 is 0 Å². The summed E-state index contributed by atoms with van der Waals surface area (Å²) >= 11 is 5.78. The second kappa shape index (κ2) is 7.14. The number of nitrogens with zero attached hydrogens (tertiary/aromatic N) is 4. The number of amides is 1. The van der Waals surface area contributed by atoms with Crippen LogP contribution in [0.2, 0.25) is 5.15 Å². The highest BCUT2D eigenvalue weighted by Gasteiger charge is 2.35. The molecule has 7 nitrogen and oxygen atoms in total. The summed E-state index contributed by atoms with van der Waals surface area (Å²) < 4.78 is 30.8. The fraction of sp³-hybridized carbons (Fsp3) is 0.333. The number of rotatable bonds is 5. The van der Waals surface area contributed by atoms with Gasteiger partial charge in [-0.15, -0.1) is 0 Å². The Bertz CT molecular complexity index is 840. The molecule has 2 aromatic rings. The summed E-state index contributed by atoms with van der Waals surface area (Å²) in [6.45, 7) is -0.357. The zero-order chi connectivity index (χ0) is 18.0. The number of carbonyl (C=O) groups is 1. The first-order valence-electron chi connectivity index (χ1n) is 7.36. The second-order valence-corrected chi connectivity index (χ2v) is 5.74. The van der Waals surface area contributed by atoms with E-state index in [0.29, 0.717) is 0 Å². The van der Waals surface area contributed by atoms with Crippen molar-refractivity contribution in [3.8, 4) is 5.75 Å². The van der Waals surface area contributed by atoms with Gasteiger partial charge in [0.05, 0.1) is 6.04 Å². The van der Waals surface area contributed by atoms with Crippen molar-refractivity contribution in [2.45, 2.75) is 12.5 Å². The molecule has 25 heavy (non-hydrogen) atoms. The van der Waals surface area contributed by atoms with E-state index in [2.05, 4.69) is 10.1 Å². The van der Waals surface area contributed by atoms with Crippen molar-refractivity contribution in [2.24, 2.45) is 0 Å². The zero-order valence-electron chi connectivity index (χ0n) is 12.8. The standard InChI is InChI=1S/C15H13ClF2N4O3/c16-11-3-4-13(23)22(20-11)9-6-21(7-9)15(24)14-10(2-1-5-19-14)25-8-12(17)18/h1-5,9,12H,6-8H2. The molecule has 0 bridgehead atoms. The molecule has 10 heteroatoms. The van der Waals surface area contributed by atoms with E-state index in [-0.39, 0.29) is 41.3 Å². The molecule has 0 spiro atoms. The van der Waals surface area contributed by atoms with E-state index in [4.69, 9.17) is 16.3 Å². The molecule has 2 aromatic heterocycles. The number of ether oxygens (including phenoxy) is 1. The van der Waals surface area contributed by atoms with E-state index in [1.807, 2.05) is 0 Å². The van der Waals surface area contributed by atoms with Gasteiger partial charge in [0, 0.05) is 25.4 Å². The minimum atomic E-state index is -2.66. The van der Waals surface area contributed by atoms with Gasteiger partial charge in [-0.1, -0.05) is 11.6 Å². The lowest BCUT2D eigenvalue weighted by molar-refractivity contribution is 0.0471. The molecular formula is C15H13ClF2N4O3. The van der Waals surface area contributed by atoms with Gasteiger partial charge in [0.2, 0.25) is 0 Å². The van der Waals surface area contributed by atoms with Crippen LogP contribution < -0.4 is 10.3 Å². The van der Waals surface area contributed by atoms with Gasteiger partial charge in [-0.2, -0.15) is 5.10 Å². The first-order valence-corrected chi connectivity index (χ1v) is 7.74. The van der Waals surface area contributed by atoms with Gasteiger partial charge in [-0.05, 0) is 18.2 Å². The average molecular weight is 371 g/mol. The summed E-state index contributed by atoms with van der Waals surface area (Å²) in [5.74, 6) is -0.467. The van der Waals surface area contributed by atoms with E-state index < -0.39 is 18.9 Å². The van der Waals surface area contributed by atoms with Crippen molar-refractivity contribution in [3.05, 3.63) is 51.7 Å². The number of hydrogen-bond acceptors (Lipinski definition) is 5. The van der Waals surface area contributed by atoms with Crippen LogP contribution >= 0.6 is 11.6 Å². The number of alkyl halides is 2. The summed E-state index contributed by atoms with van der Waals surface area (Å²) in [4.78, 5) is 29.6. The Morgan fingerprint density at radius 3 is 2.84 bits per heavy atom. The highest BCUT2D eigenvalue weighted by molar-refractivity contribution is 6.29. The van der Waals surface area contributed by atoms with Crippen LogP contribution in [0.25, 0.3) is 0 Å². The number of hydrogen-bond donors (Lipinski definition) is 0. The molecule has 0 aliphatic carbocycles. The smallest absolute Gasteiger partial charge is 0.276 e. The van der Waals surface area contributed by atoms with Gasteiger partial charge < -0.3 is 9.64 Å². The lowest BCUT2D eigenvalue weighted by atomic mass is 10.1. The molecule has 0 aromatic carbocycles. The van der Waals surface area contributed by atoms with Gasteiger partial charge in [-0.3, -0.25) is 9.59 Å². The van der Waals surface area contributed by atoms with Gasteiger partial charge in [-0.25, -0.2) is 18.4 Å². The third-order valence-electron chi connectivity index (χ3n) is 3.63. The molecule has 0 radical (unpaired) electrons. The molecule has 0 atom stereocenters. The monoisotopic (exact) mass is 370 g/mol. The summed E-state index contributed by atoms with van der Waals surface area (Å²) in [5, 5.41) is 4.11. The van der Waals surface area contributed by atoms with Gasteiger partial charge in [0.25, 0.3) is 17.9 Å². The number of carbonyl (C=O) groups excluding carboxylic acids is 1. The molecule has 0 saturated carbocycles. The lowest BCUT2D eigenvalue weighted by Gasteiger charge is -2.39. The van der Waals surface area contributed by atoms with E-state index >= 15 is 0 Å². The van der Waals surface area contributed by atoms with Crippen LogP contribution in [0.3, 0.4) is 0 Å². The van der Waals surface area contributed by atoms with Crippen LogP contribution in [0.1, 0.15) is 16.5 Å². The maximum Gasteiger partial charge on any atom is 0.276 e. The number of aromatic nitrogens is 3. The van der Waals surface area contributed by atoms with Gasteiger partial charge in [0.1, 0.15) is 11.8 Å². The molecule has 1 fully saturated rings. The maximum atomic E-state index is 12.5. The Balaban J connectivity index is 1.70. The third-order valence-corrected chi connectivity index (χ3v) is 3.83. The highest BCUT2D eigenvalue weighted by Crippen LogP contribution is 2.25. The molecule has 1 aliphatic heterocycles. The first-order chi connectivity index (χ1) is 12.0. The zero-order valence-corrected chi connectivity index (χ0v) is 13.6. The van der Waals surface area contributed by atoms with Crippen molar-refractivity contribution in [2.75, 3.05) is 19.7 Å². The minimum absolute atomic E-state index is 0.00528. The highest BCUT2D eigenvalue weighted by atomic mass is 35.5. The summed E-state index contributed by atoms with van der Waals surface area (Å²) in [5.41, 5.74) is -0.367. The molecule has 0 N–H and O–H groups in total. The van der Waals surface area contributed by atoms with Crippen LogP contribution in [0.5, 0.6) is 5.75 Å². The molecule has 132 valence electrons. The van der Waals surface area contributed by atoms with Crippen molar-refractivity contribution in [1.29, 1.82) is 0 Å². The van der Waals surface area contributed by atoms with Crippen LogP contribution in [0.4, 0.5) is 8.78 Å². The van der Waals surface area contributed by atoms with Crippen molar-refractivity contribution in [3.63, 3.8) is 0 Å². The third kappa shape index (κ3) is 3.76. The molecule has 0 unspecified atom stereocenters. The largest absolute Gasteiger partial charge is 0.485 e. The molecule has 3 heterocycles. The van der Waals surface area contributed by atoms with Crippen molar-refractivity contribution < 1.29 is 18.3 Å². The number of halogens is 3. The quantitative estimate of drug-likeness (QED) is 0.799. The van der Waals surface area contributed by atoms with Crippen molar-refractivity contribution >= 4 is 17.5 Å². The molecule has 3 rings (SSSR count). The van der Waals surface area contributed by atoms with Gasteiger partial charge in [0.15, 0.2) is 11.4 Å². The van der Waals surface area contributed by atoms with E-state index in [0.717, 1.165) is 0 Å². The van der Waals surface area contributed by atoms with E-state index in [1.165, 1.54) is 40.0 Å². The summed E-state index contributed by atoms with van der Waals surface area (Å²) in [6, 6.07) is 5.29. The number of likely N-dealkylation sites (tertiary alicyclic amines) is 1. The fourth-order valence-electron chi connectivity index (χ4n) is 2.41. The summed E-state index contributed by atoms with van der Waals surface area (Å²) in [6.07, 6.45) is -1.28. The SMILES string of the molecule is O=C(c1ncccc1OCC(F)F)N1CC(n2nc(Cl)ccc2=O)C1. The van der Waals surface area contributed by atoms with Crippen LogP contribution in [-0.2, 0) is 0 Å².